The second-order valence-electron chi connectivity index (χ2n) is 5.50. The van der Waals surface area contributed by atoms with E-state index in [1.165, 1.54) is 16.4 Å². The zero-order valence-electron chi connectivity index (χ0n) is 13.0. The van der Waals surface area contributed by atoms with Crippen LogP contribution in [0.2, 0.25) is 0 Å². The highest BCUT2D eigenvalue weighted by Crippen LogP contribution is 2.30. The number of nitriles is 1. The molecular weight excluding hydrogens is 320 g/mol. The lowest BCUT2D eigenvalue weighted by Gasteiger charge is -2.32. The Morgan fingerprint density at radius 1 is 1.22 bits per heavy atom. The van der Waals surface area contributed by atoms with Crippen LogP contribution in [-0.2, 0) is 10.0 Å². The van der Waals surface area contributed by atoms with E-state index in [1.54, 1.807) is 13.8 Å². The van der Waals surface area contributed by atoms with Crippen molar-refractivity contribution in [3.8, 4) is 6.07 Å². The summed E-state index contributed by atoms with van der Waals surface area (Å²) in [6.07, 6.45) is 0. The Morgan fingerprint density at radius 2 is 1.78 bits per heavy atom. The van der Waals surface area contributed by atoms with Gasteiger partial charge in [0.1, 0.15) is 0 Å². The molecule has 1 heterocycles. The van der Waals surface area contributed by atoms with Crippen LogP contribution in [0.15, 0.2) is 17.0 Å². The number of rotatable bonds is 4. The molecule has 1 fully saturated rings. The van der Waals surface area contributed by atoms with Gasteiger partial charge in [-0.05, 0) is 31.0 Å². The molecule has 0 N–H and O–H groups in total. The van der Waals surface area contributed by atoms with E-state index in [0.29, 0.717) is 24.2 Å². The monoisotopic (exact) mass is 338 g/mol. The van der Waals surface area contributed by atoms with Crippen molar-refractivity contribution in [2.24, 2.45) is 0 Å². The average Bonchev–Trinajstić information content (AvgIpc) is 2.50. The van der Waals surface area contributed by atoms with Gasteiger partial charge >= 0.3 is 0 Å². The van der Waals surface area contributed by atoms with Crippen LogP contribution in [0.4, 0.5) is 5.69 Å². The third-order valence-electron chi connectivity index (χ3n) is 4.02. The Morgan fingerprint density at radius 3 is 2.30 bits per heavy atom. The highest BCUT2D eigenvalue weighted by Gasteiger charge is 2.34. The fourth-order valence-electron chi connectivity index (χ4n) is 2.49. The molecule has 0 aromatic heterocycles. The predicted octanol–water partition coefficient (Wildman–Crippen LogP) is 1.04. The van der Waals surface area contributed by atoms with Gasteiger partial charge in [-0.15, -0.1) is 0 Å². The molecule has 0 unspecified atom stereocenters. The van der Waals surface area contributed by atoms with E-state index in [-0.39, 0.29) is 24.5 Å². The SMILES string of the molecule is Cc1cc([N+](=O)[O-])c(S(=O)(=O)N2CCN(CC#N)CC2)cc1C. The maximum absolute atomic E-state index is 12.8. The number of nitro benzene ring substituents is 1. The number of sulfonamides is 1. The molecule has 9 heteroatoms. The van der Waals surface area contributed by atoms with Crippen LogP contribution in [0.3, 0.4) is 0 Å². The lowest BCUT2D eigenvalue weighted by Crippen LogP contribution is -2.48. The van der Waals surface area contributed by atoms with E-state index in [4.69, 9.17) is 5.26 Å². The summed E-state index contributed by atoms with van der Waals surface area (Å²) >= 11 is 0. The molecule has 0 amide bonds. The normalized spacial score (nSPS) is 16.9. The second-order valence-corrected chi connectivity index (χ2v) is 7.41. The fraction of sp³-hybridized carbons (Fsp3) is 0.500. The van der Waals surface area contributed by atoms with Gasteiger partial charge in [0.15, 0.2) is 4.90 Å². The molecule has 1 saturated heterocycles. The van der Waals surface area contributed by atoms with Crippen LogP contribution in [-0.4, -0.2) is 55.3 Å². The molecule has 1 aromatic rings. The van der Waals surface area contributed by atoms with Crippen molar-refractivity contribution in [3.63, 3.8) is 0 Å². The number of aryl methyl sites for hydroxylation is 2. The summed E-state index contributed by atoms with van der Waals surface area (Å²) in [4.78, 5) is 12.2. The molecule has 8 nitrogen and oxygen atoms in total. The summed E-state index contributed by atoms with van der Waals surface area (Å²) in [5.74, 6) is 0. The van der Waals surface area contributed by atoms with Crippen molar-refractivity contribution in [1.82, 2.24) is 9.21 Å². The van der Waals surface area contributed by atoms with Gasteiger partial charge in [0.2, 0.25) is 10.0 Å². The summed E-state index contributed by atoms with van der Waals surface area (Å²) in [7, 11) is -3.93. The van der Waals surface area contributed by atoms with Gasteiger partial charge in [0.25, 0.3) is 5.69 Å². The molecule has 0 radical (unpaired) electrons. The molecule has 1 aromatic carbocycles. The Bertz CT molecular complexity index is 762. The van der Waals surface area contributed by atoms with Crippen LogP contribution < -0.4 is 0 Å². The van der Waals surface area contributed by atoms with E-state index in [1.807, 2.05) is 11.0 Å². The molecule has 0 bridgehead atoms. The number of piperazine rings is 1. The Balaban J connectivity index is 2.36. The highest BCUT2D eigenvalue weighted by molar-refractivity contribution is 7.89. The second kappa shape index (κ2) is 6.62. The number of nitrogens with zero attached hydrogens (tertiary/aromatic N) is 4. The minimum Gasteiger partial charge on any atom is -0.288 e. The lowest BCUT2D eigenvalue weighted by molar-refractivity contribution is -0.387. The Kier molecular flexibility index (Phi) is 4.99. The first-order valence-electron chi connectivity index (χ1n) is 7.12. The first-order valence-corrected chi connectivity index (χ1v) is 8.56. The summed E-state index contributed by atoms with van der Waals surface area (Å²) < 4.78 is 26.8. The van der Waals surface area contributed by atoms with Crippen molar-refractivity contribution in [3.05, 3.63) is 33.4 Å². The van der Waals surface area contributed by atoms with Gasteiger partial charge in [0, 0.05) is 32.2 Å². The average molecular weight is 338 g/mol. The standard InChI is InChI=1S/C14H18N4O4S/c1-11-9-13(18(19)20)14(10-12(11)2)23(21,22)17-7-5-16(4-3-15)6-8-17/h9-10H,4-8H2,1-2H3. The lowest BCUT2D eigenvalue weighted by atomic mass is 10.1. The van der Waals surface area contributed by atoms with Gasteiger partial charge in [-0.25, -0.2) is 8.42 Å². The highest BCUT2D eigenvalue weighted by atomic mass is 32.2. The molecular formula is C14H18N4O4S. The topological polar surface area (TPSA) is 108 Å². The van der Waals surface area contributed by atoms with Crippen molar-refractivity contribution >= 4 is 15.7 Å². The minimum atomic E-state index is -3.93. The fourth-order valence-corrected chi connectivity index (χ4v) is 4.14. The Hall–Kier alpha value is -2.02. The van der Waals surface area contributed by atoms with E-state index in [2.05, 4.69) is 0 Å². The Labute approximate surface area is 135 Å². The van der Waals surface area contributed by atoms with Crippen LogP contribution in [0, 0.1) is 35.3 Å². The summed E-state index contributed by atoms with van der Waals surface area (Å²) in [6, 6.07) is 4.69. The van der Waals surface area contributed by atoms with E-state index < -0.39 is 20.6 Å². The molecule has 23 heavy (non-hydrogen) atoms. The zero-order chi connectivity index (χ0) is 17.2. The van der Waals surface area contributed by atoms with Crippen LogP contribution >= 0.6 is 0 Å². The van der Waals surface area contributed by atoms with Crippen molar-refractivity contribution in [1.29, 1.82) is 5.26 Å². The predicted molar refractivity (Wildman–Crippen MR) is 83.4 cm³/mol. The molecule has 124 valence electrons. The minimum absolute atomic E-state index is 0.216. The first kappa shape index (κ1) is 17.3. The molecule has 0 atom stereocenters. The van der Waals surface area contributed by atoms with Gasteiger partial charge in [0.05, 0.1) is 17.5 Å². The van der Waals surface area contributed by atoms with E-state index >= 15 is 0 Å². The number of hydrogen-bond donors (Lipinski definition) is 0. The summed E-state index contributed by atoms with van der Waals surface area (Å²) in [5.41, 5.74) is 0.972. The van der Waals surface area contributed by atoms with Crippen molar-refractivity contribution in [2.75, 3.05) is 32.7 Å². The van der Waals surface area contributed by atoms with Gasteiger partial charge in [-0.2, -0.15) is 9.57 Å². The molecule has 0 saturated carbocycles. The van der Waals surface area contributed by atoms with Crippen molar-refractivity contribution in [2.45, 2.75) is 18.7 Å². The van der Waals surface area contributed by atoms with Crippen LogP contribution in [0.1, 0.15) is 11.1 Å². The maximum Gasteiger partial charge on any atom is 0.289 e. The number of hydrogen-bond acceptors (Lipinski definition) is 6. The number of benzene rings is 1. The largest absolute Gasteiger partial charge is 0.289 e. The maximum atomic E-state index is 12.8. The zero-order valence-corrected chi connectivity index (χ0v) is 13.8. The van der Waals surface area contributed by atoms with Gasteiger partial charge in [-0.1, -0.05) is 0 Å². The van der Waals surface area contributed by atoms with Gasteiger partial charge < -0.3 is 0 Å². The van der Waals surface area contributed by atoms with Crippen LogP contribution in [0.5, 0.6) is 0 Å². The van der Waals surface area contributed by atoms with Crippen LogP contribution in [0.25, 0.3) is 0 Å². The molecule has 2 rings (SSSR count). The smallest absolute Gasteiger partial charge is 0.288 e. The van der Waals surface area contributed by atoms with E-state index in [9.17, 15) is 18.5 Å². The third kappa shape index (κ3) is 3.50. The number of nitro groups is 1. The molecule has 0 aliphatic carbocycles. The molecule has 0 spiro atoms. The quantitative estimate of drug-likeness (QED) is 0.461. The summed E-state index contributed by atoms with van der Waals surface area (Å²) in [5, 5.41) is 19.9. The summed E-state index contributed by atoms with van der Waals surface area (Å²) in [6.45, 7) is 4.99. The molecule has 1 aliphatic rings. The molecule has 1 aliphatic heterocycles. The van der Waals surface area contributed by atoms with Crippen molar-refractivity contribution < 1.29 is 13.3 Å². The van der Waals surface area contributed by atoms with Gasteiger partial charge in [-0.3, -0.25) is 15.0 Å². The first-order chi connectivity index (χ1) is 10.8. The van der Waals surface area contributed by atoms with E-state index in [0.717, 1.165) is 0 Å². The third-order valence-corrected chi connectivity index (χ3v) is 5.94.